The third kappa shape index (κ3) is 3.43. The maximum atomic E-state index is 12.3. The van der Waals surface area contributed by atoms with Crippen LogP contribution in [-0.4, -0.2) is 22.2 Å². The van der Waals surface area contributed by atoms with Crippen LogP contribution >= 0.6 is 11.8 Å². The van der Waals surface area contributed by atoms with E-state index in [-0.39, 0.29) is 11.2 Å². The van der Waals surface area contributed by atoms with E-state index in [0.29, 0.717) is 6.04 Å². The molecule has 3 nitrogen and oxygen atoms in total. The number of carbonyl (C=O) groups excluding carboxylic acids is 1. The smallest absolute Gasteiger partial charge is 0.233 e. The molecule has 1 heterocycles. The van der Waals surface area contributed by atoms with E-state index in [1.807, 2.05) is 25.1 Å². The molecule has 0 radical (unpaired) electrons. The van der Waals surface area contributed by atoms with Gasteiger partial charge >= 0.3 is 0 Å². The summed E-state index contributed by atoms with van der Waals surface area (Å²) >= 11 is 1.54. The van der Waals surface area contributed by atoms with Crippen LogP contribution in [0.2, 0.25) is 0 Å². The number of benzene rings is 1. The van der Waals surface area contributed by atoms with Gasteiger partial charge in [-0.25, -0.2) is 4.98 Å². The number of para-hydroxylation sites is 1. The van der Waals surface area contributed by atoms with Crippen LogP contribution < -0.4 is 5.32 Å². The number of pyridine rings is 1. The molecule has 4 heteroatoms. The van der Waals surface area contributed by atoms with Gasteiger partial charge in [-0.2, -0.15) is 0 Å². The number of hydrogen-bond donors (Lipinski definition) is 1. The third-order valence-electron chi connectivity index (χ3n) is 4.27. The number of aromatic nitrogens is 1. The predicted octanol–water partition coefficient (Wildman–Crippen LogP) is 4.08. The summed E-state index contributed by atoms with van der Waals surface area (Å²) in [6.07, 6.45) is 4.71. The molecule has 3 rings (SSSR count). The van der Waals surface area contributed by atoms with E-state index in [4.69, 9.17) is 0 Å². The first-order valence-electron chi connectivity index (χ1n) is 7.97. The summed E-state index contributed by atoms with van der Waals surface area (Å²) in [5.41, 5.74) is 2.20. The SMILES string of the molecule is Cc1cc(SC(C)C(=O)NC2CCCC2)nc2ccccc12. The second kappa shape index (κ2) is 6.69. The molecule has 116 valence electrons. The fourth-order valence-corrected chi connectivity index (χ4v) is 3.94. The number of amides is 1. The molecule has 2 aromatic rings. The maximum Gasteiger partial charge on any atom is 0.233 e. The van der Waals surface area contributed by atoms with Gasteiger partial charge in [-0.05, 0) is 44.4 Å². The maximum absolute atomic E-state index is 12.3. The summed E-state index contributed by atoms with van der Waals surface area (Å²) in [7, 11) is 0. The Balaban J connectivity index is 1.70. The van der Waals surface area contributed by atoms with Crippen LogP contribution in [-0.2, 0) is 4.79 Å². The summed E-state index contributed by atoms with van der Waals surface area (Å²) in [5.74, 6) is 0.129. The minimum Gasteiger partial charge on any atom is -0.352 e. The van der Waals surface area contributed by atoms with Crippen molar-refractivity contribution in [3.63, 3.8) is 0 Å². The second-order valence-corrected chi connectivity index (χ2v) is 7.41. The van der Waals surface area contributed by atoms with Gasteiger partial charge in [-0.1, -0.05) is 42.8 Å². The molecular weight excluding hydrogens is 292 g/mol. The van der Waals surface area contributed by atoms with Crippen molar-refractivity contribution in [1.29, 1.82) is 0 Å². The third-order valence-corrected chi connectivity index (χ3v) is 5.29. The van der Waals surface area contributed by atoms with Crippen molar-refractivity contribution in [3.05, 3.63) is 35.9 Å². The van der Waals surface area contributed by atoms with Crippen molar-refractivity contribution in [3.8, 4) is 0 Å². The van der Waals surface area contributed by atoms with E-state index in [2.05, 4.69) is 29.4 Å². The standard InChI is InChI=1S/C18H22N2OS/c1-12-11-17(20-16-10-6-5-9-15(12)16)22-13(2)18(21)19-14-7-3-4-8-14/h5-6,9-11,13-14H,3-4,7-8H2,1-2H3,(H,19,21). The normalized spacial score (nSPS) is 16.8. The summed E-state index contributed by atoms with van der Waals surface area (Å²) < 4.78 is 0. The summed E-state index contributed by atoms with van der Waals surface area (Å²) in [4.78, 5) is 17.0. The molecule has 1 unspecified atom stereocenters. The number of nitrogens with one attached hydrogen (secondary N) is 1. The van der Waals surface area contributed by atoms with Gasteiger partial charge in [-0.3, -0.25) is 4.79 Å². The van der Waals surface area contributed by atoms with E-state index in [9.17, 15) is 4.79 Å². The number of aryl methyl sites for hydroxylation is 1. The summed E-state index contributed by atoms with van der Waals surface area (Å²) in [5, 5.41) is 5.14. The molecule has 1 aromatic heterocycles. The molecule has 1 aromatic carbocycles. The average molecular weight is 314 g/mol. The largest absolute Gasteiger partial charge is 0.352 e. The number of nitrogens with zero attached hydrogens (tertiary/aromatic N) is 1. The molecule has 0 spiro atoms. The van der Waals surface area contributed by atoms with Crippen molar-refractivity contribution < 1.29 is 4.79 Å². The van der Waals surface area contributed by atoms with Crippen molar-refractivity contribution in [1.82, 2.24) is 10.3 Å². The minimum atomic E-state index is -0.117. The van der Waals surface area contributed by atoms with Crippen LogP contribution in [0.25, 0.3) is 10.9 Å². The zero-order valence-corrected chi connectivity index (χ0v) is 14.0. The fraction of sp³-hybridized carbons (Fsp3) is 0.444. The van der Waals surface area contributed by atoms with Crippen molar-refractivity contribution in [2.75, 3.05) is 0 Å². The lowest BCUT2D eigenvalue weighted by Gasteiger charge is -2.16. The molecule has 22 heavy (non-hydrogen) atoms. The van der Waals surface area contributed by atoms with Gasteiger partial charge in [0.05, 0.1) is 15.8 Å². The summed E-state index contributed by atoms with van der Waals surface area (Å²) in [6.45, 7) is 4.05. The predicted molar refractivity (Wildman–Crippen MR) is 92.2 cm³/mol. The highest BCUT2D eigenvalue weighted by molar-refractivity contribution is 8.00. The molecule has 1 atom stereocenters. The molecule has 0 bridgehead atoms. The first-order valence-corrected chi connectivity index (χ1v) is 8.85. The molecule has 1 fully saturated rings. The van der Waals surface area contributed by atoms with Crippen molar-refractivity contribution in [2.45, 2.75) is 55.8 Å². The molecular formula is C18H22N2OS. The summed E-state index contributed by atoms with van der Waals surface area (Å²) in [6, 6.07) is 10.6. The molecule has 1 aliphatic carbocycles. The highest BCUT2D eigenvalue weighted by atomic mass is 32.2. The van der Waals surface area contributed by atoms with E-state index in [1.54, 1.807) is 11.8 Å². The fourth-order valence-electron chi connectivity index (χ4n) is 3.00. The number of carbonyl (C=O) groups is 1. The van der Waals surface area contributed by atoms with Crippen LogP contribution in [0.15, 0.2) is 35.4 Å². The Hall–Kier alpha value is -1.55. The van der Waals surface area contributed by atoms with E-state index < -0.39 is 0 Å². The van der Waals surface area contributed by atoms with Gasteiger partial charge in [0.15, 0.2) is 0 Å². The van der Waals surface area contributed by atoms with Crippen molar-refractivity contribution >= 4 is 28.6 Å². The number of hydrogen-bond acceptors (Lipinski definition) is 3. The molecule has 1 saturated carbocycles. The van der Waals surface area contributed by atoms with Crippen LogP contribution in [0.4, 0.5) is 0 Å². The average Bonchev–Trinajstić information content (AvgIpc) is 3.00. The van der Waals surface area contributed by atoms with Crippen molar-refractivity contribution in [2.24, 2.45) is 0 Å². The van der Waals surface area contributed by atoms with E-state index in [0.717, 1.165) is 23.4 Å². The molecule has 0 aliphatic heterocycles. The molecule has 0 saturated heterocycles. The Morgan fingerprint density at radius 2 is 2.05 bits per heavy atom. The lowest BCUT2D eigenvalue weighted by Crippen LogP contribution is -2.37. The Bertz CT molecular complexity index is 680. The Kier molecular flexibility index (Phi) is 4.67. The van der Waals surface area contributed by atoms with Gasteiger partial charge in [-0.15, -0.1) is 0 Å². The zero-order chi connectivity index (χ0) is 15.5. The zero-order valence-electron chi connectivity index (χ0n) is 13.1. The van der Waals surface area contributed by atoms with Gasteiger partial charge < -0.3 is 5.32 Å². The minimum absolute atomic E-state index is 0.117. The molecule has 1 aliphatic rings. The number of rotatable bonds is 4. The lowest BCUT2D eigenvalue weighted by atomic mass is 10.1. The highest BCUT2D eigenvalue weighted by Gasteiger charge is 2.21. The van der Waals surface area contributed by atoms with Gasteiger partial charge in [0.25, 0.3) is 0 Å². The first kappa shape index (κ1) is 15.3. The van der Waals surface area contributed by atoms with Crippen LogP contribution in [0, 0.1) is 6.92 Å². The molecule has 1 amide bonds. The number of fused-ring (bicyclic) bond motifs is 1. The topological polar surface area (TPSA) is 42.0 Å². The highest BCUT2D eigenvalue weighted by Crippen LogP contribution is 2.27. The van der Waals surface area contributed by atoms with Gasteiger partial charge in [0, 0.05) is 11.4 Å². The first-order chi connectivity index (χ1) is 10.6. The Morgan fingerprint density at radius 3 is 2.82 bits per heavy atom. The second-order valence-electron chi connectivity index (χ2n) is 6.04. The molecule has 1 N–H and O–H groups in total. The van der Waals surface area contributed by atoms with Gasteiger partial charge in [0.1, 0.15) is 0 Å². The van der Waals surface area contributed by atoms with Crippen LogP contribution in [0.5, 0.6) is 0 Å². The quantitative estimate of drug-likeness (QED) is 0.865. The number of thioether (sulfide) groups is 1. The van der Waals surface area contributed by atoms with E-state index in [1.165, 1.54) is 23.8 Å². The monoisotopic (exact) mass is 314 g/mol. The van der Waals surface area contributed by atoms with Gasteiger partial charge in [0.2, 0.25) is 5.91 Å². The Labute approximate surface area is 135 Å². The lowest BCUT2D eigenvalue weighted by molar-refractivity contribution is -0.120. The van der Waals surface area contributed by atoms with Crippen LogP contribution in [0.3, 0.4) is 0 Å². The van der Waals surface area contributed by atoms with E-state index >= 15 is 0 Å². The Morgan fingerprint density at radius 1 is 1.32 bits per heavy atom. The van der Waals surface area contributed by atoms with Crippen LogP contribution in [0.1, 0.15) is 38.2 Å².